The highest BCUT2D eigenvalue weighted by Gasteiger charge is 2.17. The van der Waals surface area contributed by atoms with Crippen LogP contribution >= 0.6 is 0 Å². The van der Waals surface area contributed by atoms with E-state index >= 15 is 0 Å². The number of carbonyl (C=O) groups is 2. The Kier molecular flexibility index (Phi) is 7.48. The highest BCUT2D eigenvalue weighted by atomic mass is 16.4. The van der Waals surface area contributed by atoms with Crippen molar-refractivity contribution >= 4 is 11.9 Å². The van der Waals surface area contributed by atoms with Gasteiger partial charge in [-0.05, 0) is 25.8 Å². The first-order chi connectivity index (χ1) is 9.11. The molecular formula is C14H26N2O3. The van der Waals surface area contributed by atoms with Crippen LogP contribution in [-0.4, -0.2) is 47.6 Å². The minimum atomic E-state index is -0.879. The van der Waals surface area contributed by atoms with E-state index in [1.165, 1.54) is 25.7 Å². The minimum absolute atomic E-state index is 0.0402. The van der Waals surface area contributed by atoms with Gasteiger partial charge in [-0.25, -0.2) is 0 Å². The number of carboxylic acids is 1. The van der Waals surface area contributed by atoms with Crippen LogP contribution in [0.25, 0.3) is 0 Å². The Hall–Kier alpha value is -1.10. The molecular weight excluding hydrogens is 244 g/mol. The molecule has 19 heavy (non-hydrogen) atoms. The maximum atomic E-state index is 11.9. The van der Waals surface area contributed by atoms with Gasteiger partial charge >= 0.3 is 5.97 Å². The molecule has 5 nitrogen and oxygen atoms in total. The average Bonchev–Trinajstić information content (AvgIpc) is 2.56. The van der Waals surface area contributed by atoms with E-state index in [0.717, 1.165) is 19.3 Å². The van der Waals surface area contributed by atoms with E-state index in [9.17, 15) is 9.59 Å². The summed E-state index contributed by atoms with van der Waals surface area (Å²) in [6.45, 7) is 2.75. The molecule has 0 bridgehead atoms. The van der Waals surface area contributed by atoms with Crippen LogP contribution in [0.4, 0.5) is 0 Å². The molecule has 1 saturated carbocycles. The second kappa shape index (κ2) is 8.91. The van der Waals surface area contributed by atoms with Crippen LogP contribution in [-0.2, 0) is 9.59 Å². The number of amides is 1. The molecule has 0 aromatic carbocycles. The molecule has 0 heterocycles. The number of hydrogen-bond acceptors (Lipinski definition) is 3. The van der Waals surface area contributed by atoms with Gasteiger partial charge in [-0.3, -0.25) is 14.5 Å². The van der Waals surface area contributed by atoms with Crippen molar-refractivity contribution in [2.75, 3.05) is 19.6 Å². The molecule has 0 atom stereocenters. The summed E-state index contributed by atoms with van der Waals surface area (Å²) in [7, 11) is 0. The van der Waals surface area contributed by atoms with Crippen molar-refractivity contribution < 1.29 is 14.7 Å². The summed E-state index contributed by atoms with van der Waals surface area (Å²) >= 11 is 0. The van der Waals surface area contributed by atoms with Gasteiger partial charge in [-0.1, -0.05) is 32.6 Å². The lowest BCUT2D eigenvalue weighted by atomic mass is 10.1. The largest absolute Gasteiger partial charge is 0.480 e. The lowest BCUT2D eigenvalue weighted by molar-refractivity contribution is -0.138. The Bertz CT molecular complexity index is 286. The molecule has 0 aromatic rings. The van der Waals surface area contributed by atoms with Crippen LogP contribution in [0.3, 0.4) is 0 Å². The highest BCUT2D eigenvalue weighted by molar-refractivity contribution is 5.79. The third-order valence-electron chi connectivity index (χ3n) is 3.49. The maximum Gasteiger partial charge on any atom is 0.317 e. The van der Waals surface area contributed by atoms with E-state index in [-0.39, 0.29) is 25.0 Å². The quantitative estimate of drug-likeness (QED) is 0.690. The standard InChI is InChI=1S/C14H26N2O3/c1-2-9-16(11-14(18)19)10-13(17)15-12-7-5-3-4-6-8-12/h12H,2-11H2,1H3,(H,15,17)(H,18,19). The lowest BCUT2D eigenvalue weighted by Gasteiger charge is -2.21. The van der Waals surface area contributed by atoms with Gasteiger partial charge in [0.05, 0.1) is 13.1 Å². The molecule has 5 heteroatoms. The van der Waals surface area contributed by atoms with Crippen LogP contribution < -0.4 is 5.32 Å². The number of hydrogen-bond donors (Lipinski definition) is 2. The first-order valence-corrected chi connectivity index (χ1v) is 7.35. The van der Waals surface area contributed by atoms with Crippen LogP contribution in [0.15, 0.2) is 0 Å². The molecule has 0 radical (unpaired) electrons. The van der Waals surface area contributed by atoms with Crippen molar-refractivity contribution in [3.8, 4) is 0 Å². The van der Waals surface area contributed by atoms with Gasteiger partial charge in [-0.15, -0.1) is 0 Å². The maximum absolute atomic E-state index is 11.9. The van der Waals surface area contributed by atoms with Crippen LogP contribution in [0, 0.1) is 0 Å². The summed E-state index contributed by atoms with van der Waals surface area (Å²) < 4.78 is 0. The molecule has 0 aromatic heterocycles. The summed E-state index contributed by atoms with van der Waals surface area (Å²) in [6.07, 6.45) is 7.83. The van der Waals surface area contributed by atoms with E-state index in [1.807, 2.05) is 6.92 Å². The van der Waals surface area contributed by atoms with E-state index in [0.29, 0.717) is 6.54 Å². The number of nitrogens with zero attached hydrogens (tertiary/aromatic N) is 1. The molecule has 0 spiro atoms. The summed E-state index contributed by atoms with van der Waals surface area (Å²) in [5, 5.41) is 11.9. The van der Waals surface area contributed by atoms with Gasteiger partial charge in [0.25, 0.3) is 0 Å². The topological polar surface area (TPSA) is 69.6 Å². The fourth-order valence-electron chi connectivity index (χ4n) is 2.62. The fraction of sp³-hybridized carbons (Fsp3) is 0.857. The summed E-state index contributed by atoms with van der Waals surface area (Å²) in [6, 6.07) is 0.281. The molecule has 1 fully saturated rings. The number of rotatable bonds is 7. The predicted octanol–water partition coefficient (Wildman–Crippen LogP) is 1.62. The van der Waals surface area contributed by atoms with Crippen LogP contribution in [0.1, 0.15) is 51.9 Å². The third kappa shape index (κ3) is 7.15. The van der Waals surface area contributed by atoms with Gasteiger partial charge in [0, 0.05) is 6.04 Å². The zero-order valence-corrected chi connectivity index (χ0v) is 11.9. The monoisotopic (exact) mass is 270 g/mol. The number of aliphatic carboxylic acids is 1. The first-order valence-electron chi connectivity index (χ1n) is 7.35. The van der Waals surface area contributed by atoms with Gasteiger partial charge in [-0.2, -0.15) is 0 Å². The van der Waals surface area contributed by atoms with E-state index in [2.05, 4.69) is 5.32 Å². The molecule has 1 aliphatic rings. The number of carbonyl (C=O) groups excluding carboxylic acids is 1. The van der Waals surface area contributed by atoms with Crippen molar-refractivity contribution in [2.24, 2.45) is 0 Å². The Morgan fingerprint density at radius 1 is 1.16 bits per heavy atom. The summed E-state index contributed by atoms with van der Waals surface area (Å²) in [4.78, 5) is 24.4. The predicted molar refractivity (Wildman–Crippen MR) is 74.0 cm³/mol. The highest BCUT2D eigenvalue weighted by Crippen LogP contribution is 2.17. The number of carboxylic acid groups (broad SMARTS) is 1. The first kappa shape index (κ1) is 16.0. The average molecular weight is 270 g/mol. The molecule has 2 N–H and O–H groups in total. The third-order valence-corrected chi connectivity index (χ3v) is 3.49. The molecule has 0 saturated heterocycles. The minimum Gasteiger partial charge on any atom is -0.480 e. The van der Waals surface area contributed by atoms with Crippen molar-refractivity contribution in [3.05, 3.63) is 0 Å². The molecule has 1 rings (SSSR count). The van der Waals surface area contributed by atoms with Crippen LogP contribution in [0.5, 0.6) is 0 Å². The SMILES string of the molecule is CCCN(CC(=O)O)CC(=O)NC1CCCCCC1. The van der Waals surface area contributed by atoms with Crippen molar-refractivity contribution in [2.45, 2.75) is 57.9 Å². The molecule has 0 unspecified atom stereocenters. The molecule has 110 valence electrons. The number of nitrogens with one attached hydrogen (secondary N) is 1. The second-order valence-electron chi connectivity index (χ2n) is 5.36. The van der Waals surface area contributed by atoms with E-state index in [1.54, 1.807) is 4.90 Å². The molecule has 1 aliphatic carbocycles. The molecule has 1 amide bonds. The lowest BCUT2D eigenvalue weighted by Crippen LogP contribution is -2.43. The van der Waals surface area contributed by atoms with Gasteiger partial charge in [0.15, 0.2) is 0 Å². The van der Waals surface area contributed by atoms with Gasteiger partial charge in [0.2, 0.25) is 5.91 Å². The van der Waals surface area contributed by atoms with E-state index < -0.39 is 5.97 Å². The Morgan fingerprint density at radius 2 is 1.79 bits per heavy atom. The van der Waals surface area contributed by atoms with Crippen molar-refractivity contribution in [1.29, 1.82) is 0 Å². The van der Waals surface area contributed by atoms with Crippen molar-refractivity contribution in [1.82, 2.24) is 10.2 Å². The normalized spacial score (nSPS) is 17.2. The second-order valence-corrected chi connectivity index (χ2v) is 5.36. The van der Waals surface area contributed by atoms with Gasteiger partial charge in [0.1, 0.15) is 0 Å². The zero-order valence-electron chi connectivity index (χ0n) is 11.9. The molecule has 0 aliphatic heterocycles. The Balaban J connectivity index is 2.35. The summed E-state index contributed by atoms with van der Waals surface area (Å²) in [5.74, 6) is -0.919. The van der Waals surface area contributed by atoms with Crippen molar-refractivity contribution in [3.63, 3.8) is 0 Å². The van der Waals surface area contributed by atoms with Crippen LogP contribution in [0.2, 0.25) is 0 Å². The van der Waals surface area contributed by atoms with Gasteiger partial charge < -0.3 is 10.4 Å². The van der Waals surface area contributed by atoms with E-state index in [4.69, 9.17) is 5.11 Å². The smallest absolute Gasteiger partial charge is 0.317 e. The summed E-state index contributed by atoms with van der Waals surface area (Å²) in [5.41, 5.74) is 0. The fourth-order valence-corrected chi connectivity index (χ4v) is 2.62. The Morgan fingerprint density at radius 3 is 2.32 bits per heavy atom. The Labute approximate surface area is 115 Å². The zero-order chi connectivity index (χ0) is 14.1.